The number of carbonyl (C=O) groups excluding carboxylic acids is 1. The second-order valence-corrected chi connectivity index (χ2v) is 4.49. The van der Waals surface area contributed by atoms with Gasteiger partial charge >= 0.3 is 5.97 Å². The number of aromatic nitrogens is 1. The predicted octanol–water partition coefficient (Wildman–Crippen LogP) is 0.0935. The maximum atomic E-state index is 12.1. The first-order valence-corrected chi connectivity index (χ1v) is 6.30. The fraction of sp³-hybridized carbons (Fsp3) is 0.214. The van der Waals surface area contributed by atoms with E-state index in [1.165, 1.54) is 6.07 Å². The first-order valence-electron chi connectivity index (χ1n) is 6.30. The zero-order valence-corrected chi connectivity index (χ0v) is 11.0. The summed E-state index contributed by atoms with van der Waals surface area (Å²) in [5.41, 5.74) is 0.351. The molecular weight excluding hydrogens is 276 g/mol. The molecule has 0 radical (unpaired) electrons. The molecule has 4 N–H and O–H groups in total. The number of carboxylic acid groups (broad SMARTS) is 1. The van der Waals surface area contributed by atoms with Gasteiger partial charge in [-0.15, -0.1) is 0 Å². The van der Waals surface area contributed by atoms with E-state index in [4.69, 9.17) is 10.2 Å². The number of fused-ring (bicyclic) bond motifs is 1. The number of aliphatic hydroxyl groups excluding tert-OH is 1. The molecule has 0 fully saturated rings. The van der Waals surface area contributed by atoms with Crippen LogP contribution < -0.4 is 10.9 Å². The summed E-state index contributed by atoms with van der Waals surface area (Å²) in [4.78, 5) is 36.7. The molecule has 1 aromatic heterocycles. The number of hydrogen-bond acceptors (Lipinski definition) is 4. The number of aliphatic carboxylic acids is 1. The predicted molar refractivity (Wildman–Crippen MR) is 75.2 cm³/mol. The highest BCUT2D eigenvalue weighted by atomic mass is 16.4. The summed E-state index contributed by atoms with van der Waals surface area (Å²) >= 11 is 0. The van der Waals surface area contributed by atoms with Crippen LogP contribution in [0.15, 0.2) is 35.1 Å². The minimum Gasteiger partial charge on any atom is -0.479 e. The lowest BCUT2D eigenvalue weighted by Gasteiger charge is -2.09. The number of aromatic amines is 1. The van der Waals surface area contributed by atoms with Crippen LogP contribution in [0, 0.1) is 0 Å². The summed E-state index contributed by atoms with van der Waals surface area (Å²) in [6.07, 6.45) is -1.64. The lowest BCUT2D eigenvalue weighted by atomic mass is 10.1. The molecule has 1 aromatic carbocycles. The largest absolute Gasteiger partial charge is 0.479 e. The van der Waals surface area contributed by atoms with Crippen molar-refractivity contribution in [2.75, 3.05) is 6.54 Å². The zero-order valence-electron chi connectivity index (χ0n) is 11.0. The van der Waals surface area contributed by atoms with E-state index in [-0.39, 0.29) is 18.5 Å². The number of hydrogen-bond donors (Lipinski definition) is 4. The SMILES string of the molecule is O=C(NCCC(O)C(=O)O)c1cc(=O)[nH]c2ccccc12. The van der Waals surface area contributed by atoms with Crippen LogP contribution in [-0.2, 0) is 4.79 Å². The third-order valence-electron chi connectivity index (χ3n) is 2.98. The number of H-pyrrole nitrogens is 1. The molecular formula is C14H14N2O5. The molecule has 110 valence electrons. The molecule has 2 rings (SSSR count). The molecule has 0 aliphatic heterocycles. The van der Waals surface area contributed by atoms with Crippen molar-refractivity contribution in [2.24, 2.45) is 0 Å². The van der Waals surface area contributed by atoms with Crippen LogP contribution in [0.2, 0.25) is 0 Å². The van der Waals surface area contributed by atoms with Gasteiger partial charge in [-0.3, -0.25) is 9.59 Å². The number of rotatable bonds is 5. The van der Waals surface area contributed by atoms with Gasteiger partial charge < -0.3 is 20.5 Å². The Balaban J connectivity index is 2.16. The topological polar surface area (TPSA) is 119 Å². The molecule has 2 aromatic rings. The molecule has 0 aliphatic carbocycles. The molecule has 1 atom stereocenters. The van der Waals surface area contributed by atoms with Gasteiger partial charge in [0, 0.05) is 29.9 Å². The highest BCUT2D eigenvalue weighted by Crippen LogP contribution is 2.14. The summed E-state index contributed by atoms with van der Waals surface area (Å²) in [5.74, 6) is -1.83. The van der Waals surface area contributed by atoms with Crippen LogP contribution in [-0.4, -0.2) is 39.7 Å². The van der Waals surface area contributed by atoms with E-state index in [0.717, 1.165) is 0 Å². The van der Waals surface area contributed by atoms with Gasteiger partial charge in [-0.1, -0.05) is 18.2 Å². The number of benzene rings is 1. The summed E-state index contributed by atoms with van der Waals surface area (Å²) in [6, 6.07) is 8.05. The Morgan fingerprint density at radius 2 is 2.00 bits per heavy atom. The first kappa shape index (κ1) is 14.7. The van der Waals surface area contributed by atoms with Gasteiger partial charge in [0.25, 0.3) is 5.91 Å². The molecule has 1 heterocycles. The Hall–Kier alpha value is -2.67. The maximum Gasteiger partial charge on any atom is 0.332 e. The van der Waals surface area contributed by atoms with Crippen LogP contribution in [0.25, 0.3) is 10.9 Å². The summed E-state index contributed by atoms with van der Waals surface area (Å²) < 4.78 is 0. The smallest absolute Gasteiger partial charge is 0.332 e. The van der Waals surface area contributed by atoms with Crippen LogP contribution in [0.3, 0.4) is 0 Å². The second kappa shape index (κ2) is 6.19. The minimum atomic E-state index is -1.53. The van der Waals surface area contributed by atoms with Crippen molar-refractivity contribution in [3.63, 3.8) is 0 Å². The Bertz CT molecular complexity index is 737. The van der Waals surface area contributed by atoms with Crippen LogP contribution in [0.5, 0.6) is 0 Å². The van der Waals surface area contributed by atoms with Crippen LogP contribution in [0.4, 0.5) is 0 Å². The molecule has 7 heteroatoms. The fourth-order valence-corrected chi connectivity index (χ4v) is 1.93. The van der Waals surface area contributed by atoms with Crippen molar-refractivity contribution in [1.82, 2.24) is 10.3 Å². The number of pyridine rings is 1. The van der Waals surface area contributed by atoms with Gasteiger partial charge in [0.1, 0.15) is 0 Å². The number of amides is 1. The van der Waals surface area contributed by atoms with Crippen molar-refractivity contribution in [2.45, 2.75) is 12.5 Å². The molecule has 21 heavy (non-hydrogen) atoms. The molecule has 0 aliphatic rings. The first-order chi connectivity index (χ1) is 9.99. The van der Waals surface area contributed by atoms with Gasteiger partial charge in [-0.05, 0) is 6.07 Å². The molecule has 0 bridgehead atoms. The third kappa shape index (κ3) is 3.46. The van der Waals surface area contributed by atoms with Gasteiger partial charge in [-0.25, -0.2) is 4.79 Å². The second-order valence-electron chi connectivity index (χ2n) is 4.49. The highest BCUT2D eigenvalue weighted by Gasteiger charge is 2.15. The number of aliphatic hydroxyl groups is 1. The van der Waals surface area contributed by atoms with E-state index >= 15 is 0 Å². The van der Waals surface area contributed by atoms with Gasteiger partial charge in [0.05, 0.1) is 5.56 Å². The van der Waals surface area contributed by atoms with Crippen molar-refractivity contribution in [1.29, 1.82) is 0 Å². The lowest BCUT2D eigenvalue weighted by molar-refractivity contribution is -0.146. The summed E-state index contributed by atoms with van der Waals surface area (Å²) in [7, 11) is 0. The van der Waals surface area contributed by atoms with Crippen LogP contribution >= 0.6 is 0 Å². The van der Waals surface area contributed by atoms with E-state index in [0.29, 0.717) is 10.9 Å². The normalized spacial score (nSPS) is 12.0. The highest BCUT2D eigenvalue weighted by molar-refractivity contribution is 6.05. The van der Waals surface area contributed by atoms with Crippen molar-refractivity contribution in [3.05, 3.63) is 46.2 Å². The van der Waals surface area contributed by atoms with Crippen molar-refractivity contribution in [3.8, 4) is 0 Å². The maximum absolute atomic E-state index is 12.1. The zero-order chi connectivity index (χ0) is 15.4. The van der Waals surface area contributed by atoms with Crippen LogP contribution in [0.1, 0.15) is 16.8 Å². The van der Waals surface area contributed by atoms with Crippen molar-refractivity contribution >= 4 is 22.8 Å². The lowest BCUT2D eigenvalue weighted by Crippen LogP contribution is -2.30. The molecule has 1 unspecified atom stereocenters. The van der Waals surface area contributed by atoms with Gasteiger partial charge in [-0.2, -0.15) is 0 Å². The minimum absolute atomic E-state index is 0.00652. The third-order valence-corrected chi connectivity index (χ3v) is 2.98. The summed E-state index contributed by atoms with van der Waals surface area (Å²) in [5, 5.41) is 20.7. The molecule has 1 amide bonds. The molecule has 7 nitrogen and oxygen atoms in total. The van der Waals surface area contributed by atoms with E-state index in [1.807, 2.05) is 0 Å². The quantitative estimate of drug-likeness (QED) is 0.622. The molecule has 0 spiro atoms. The van der Waals surface area contributed by atoms with Gasteiger partial charge in [0.2, 0.25) is 5.56 Å². The fourth-order valence-electron chi connectivity index (χ4n) is 1.93. The number of nitrogens with one attached hydrogen (secondary N) is 2. The van der Waals surface area contributed by atoms with Crippen molar-refractivity contribution < 1.29 is 19.8 Å². The average Bonchev–Trinajstić information content (AvgIpc) is 2.45. The summed E-state index contributed by atoms with van der Waals surface area (Å²) in [6.45, 7) is -0.00652. The Kier molecular flexibility index (Phi) is 4.34. The monoisotopic (exact) mass is 290 g/mol. The Morgan fingerprint density at radius 3 is 2.71 bits per heavy atom. The number of carboxylic acids is 1. The Morgan fingerprint density at radius 1 is 1.29 bits per heavy atom. The number of carbonyl (C=O) groups is 2. The average molecular weight is 290 g/mol. The van der Waals surface area contributed by atoms with E-state index < -0.39 is 23.5 Å². The standard InChI is InChI=1S/C14H14N2O5/c17-11(14(20)21)5-6-15-13(19)9-7-12(18)16-10-4-2-1-3-8(9)10/h1-4,7,11,17H,5-6H2,(H,15,19)(H,16,18)(H,20,21). The van der Waals surface area contributed by atoms with Gasteiger partial charge in [0.15, 0.2) is 6.10 Å². The van der Waals surface area contributed by atoms with E-state index in [2.05, 4.69) is 10.3 Å². The molecule has 0 saturated carbocycles. The molecule has 0 saturated heterocycles. The number of para-hydroxylation sites is 1. The van der Waals surface area contributed by atoms with E-state index in [1.54, 1.807) is 24.3 Å². The van der Waals surface area contributed by atoms with E-state index in [9.17, 15) is 14.4 Å². The Labute approximate surface area is 119 Å².